The zero-order valence-corrected chi connectivity index (χ0v) is 16.6. The molecule has 1 aromatic rings. The zero-order chi connectivity index (χ0) is 17.3. The lowest BCUT2D eigenvalue weighted by atomic mass is 9.80. The highest BCUT2D eigenvalue weighted by Crippen LogP contribution is 2.43. The zero-order valence-electron chi connectivity index (χ0n) is 14.9. The number of alkyl halides is 3. The van der Waals surface area contributed by atoms with Gasteiger partial charge < -0.3 is 10.1 Å². The van der Waals surface area contributed by atoms with Crippen molar-refractivity contribution in [3.05, 3.63) is 29.3 Å². The minimum absolute atomic E-state index is 0. The minimum Gasteiger partial charge on any atom is -0.496 e. The number of halogens is 5. The summed E-state index contributed by atoms with van der Waals surface area (Å²) in [5.74, 6) is 0.304. The Morgan fingerprint density at radius 3 is 2.08 bits per heavy atom. The van der Waals surface area contributed by atoms with E-state index in [1.165, 1.54) is 7.11 Å². The van der Waals surface area contributed by atoms with Gasteiger partial charge >= 0.3 is 6.18 Å². The Bertz CT molecular complexity index is 542. The number of rotatable bonds is 3. The Hall–Kier alpha value is -0.690. The van der Waals surface area contributed by atoms with E-state index in [2.05, 4.69) is 31.0 Å². The van der Waals surface area contributed by atoms with Crippen molar-refractivity contribution >= 4 is 24.8 Å². The summed E-state index contributed by atoms with van der Waals surface area (Å²) in [7, 11) is 1.43. The van der Waals surface area contributed by atoms with Crippen LogP contribution in [0.25, 0.3) is 0 Å². The molecule has 8 heteroatoms. The van der Waals surface area contributed by atoms with Gasteiger partial charge in [-0.05, 0) is 17.5 Å². The fourth-order valence-electron chi connectivity index (χ4n) is 3.26. The summed E-state index contributed by atoms with van der Waals surface area (Å²) in [6.45, 7) is 9.83. The lowest BCUT2D eigenvalue weighted by molar-refractivity contribution is -0.137. The van der Waals surface area contributed by atoms with Gasteiger partial charge in [0.2, 0.25) is 0 Å². The number of hydrogen-bond donors (Lipinski definition) is 1. The van der Waals surface area contributed by atoms with Gasteiger partial charge in [0.05, 0.1) is 12.7 Å². The van der Waals surface area contributed by atoms with E-state index in [-0.39, 0.29) is 36.3 Å². The van der Waals surface area contributed by atoms with Crippen LogP contribution >= 0.6 is 24.8 Å². The molecule has 0 radical (unpaired) electrons. The molecular formula is C17H27Cl2F3N2O. The molecule has 0 aromatic heterocycles. The molecule has 0 unspecified atom stereocenters. The number of ether oxygens (including phenoxy) is 1. The Kier molecular flexibility index (Phi) is 9.05. The fourth-order valence-corrected chi connectivity index (χ4v) is 3.26. The molecular weight excluding hydrogens is 376 g/mol. The van der Waals surface area contributed by atoms with Gasteiger partial charge in [-0.3, -0.25) is 4.90 Å². The van der Waals surface area contributed by atoms with Crippen LogP contribution in [0.4, 0.5) is 13.2 Å². The lowest BCUT2D eigenvalue weighted by Crippen LogP contribution is -2.48. The largest absolute Gasteiger partial charge is 0.496 e. The van der Waals surface area contributed by atoms with Crippen LogP contribution in [0.5, 0.6) is 5.75 Å². The predicted octanol–water partition coefficient (Wildman–Crippen LogP) is 4.55. The van der Waals surface area contributed by atoms with Crippen molar-refractivity contribution in [3.8, 4) is 5.75 Å². The maximum Gasteiger partial charge on any atom is 0.416 e. The molecule has 1 atom stereocenters. The number of nitrogens with zero attached hydrogens (tertiary/aromatic N) is 1. The van der Waals surface area contributed by atoms with E-state index in [9.17, 15) is 13.2 Å². The van der Waals surface area contributed by atoms with Gasteiger partial charge in [-0.25, -0.2) is 0 Å². The molecule has 3 nitrogen and oxygen atoms in total. The minimum atomic E-state index is -4.36. The van der Waals surface area contributed by atoms with E-state index < -0.39 is 11.7 Å². The molecule has 1 heterocycles. The first-order chi connectivity index (χ1) is 10.6. The third kappa shape index (κ3) is 5.91. The van der Waals surface area contributed by atoms with Crippen LogP contribution in [-0.2, 0) is 6.18 Å². The molecule has 1 aliphatic rings. The van der Waals surface area contributed by atoms with Crippen molar-refractivity contribution < 1.29 is 17.9 Å². The van der Waals surface area contributed by atoms with Gasteiger partial charge in [-0.1, -0.05) is 26.8 Å². The molecule has 1 aromatic carbocycles. The van der Waals surface area contributed by atoms with E-state index >= 15 is 0 Å². The molecule has 25 heavy (non-hydrogen) atoms. The van der Waals surface area contributed by atoms with Crippen LogP contribution in [0, 0.1) is 5.41 Å². The highest BCUT2D eigenvalue weighted by molar-refractivity contribution is 5.85. The normalized spacial score (nSPS) is 17.2. The smallest absolute Gasteiger partial charge is 0.416 e. The summed E-state index contributed by atoms with van der Waals surface area (Å²) in [6, 6.07) is 3.83. The third-order valence-electron chi connectivity index (χ3n) is 4.19. The van der Waals surface area contributed by atoms with Gasteiger partial charge in [-0.2, -0.15) is 13.2 Å². The highest BCUT2D eigenvalue weighted by Gasteiger charge is 2.36. The van der Waals surface area contributed by atoms with Gasteiger partial charge in [0.15, 0.2) is 0 Å². The summed E-state index contributed by atoms with van der Waals surface area (Å²) in [4.78, 5) is 2.32. The van der Waals surface area contributed by atoms with Gasteiger partial charge in [0.25, 0.3) is 0 Å². The monoisotopic (exact) mass is 402 g/mol. The molecule has 146 valence electrons. The number of hydrogen-bond acceptors (Lipinski definition) is 3. The van der Waals surface area contributed by atoms with Crippen molar-refractivity contribution in [2.24, 2.45) is 5.41 Å². The second-order valence-electron chi connectivity index (χ2n) is 7.01. The highest BCUT2D eigenvalue weighted by atomic mass is 35.5. The van der Waals surface area contributed by atoms with Crippen LogP contribution in [0.3, 0.4) is 0 Å². The molecule has 1 aliphatic heterocycles. The van der Waals surface area contributed by atoms with Crippen molar-refractivity contribution in [2.45, 2.75) is 33.0 Å². The van der Waals surface area contributed by atoms with Crippen molar-refractivity contribution in [3.63, 3.8) is 0 Å². The molecule has 1 saturated heterocycles. The standard InChI is InChI=1S/C17H25F3N2O.2ClH/c1-16(2,3)15(22-9-7-21-8-10-22)13-6-5-12(17(18,19)20)11-14(13)23-4;;/h5-6,11,15,21H,7-10H2,1-4H3;2*1H/t15-;;/m0../s1. The Morgan fingerprint density at radius 1 is 1.08 bits per heavy atom. The third-order valence-corrected chi connectivity index (χ3v) is 4.19. The van der Waals surface area contributed by atoms with Gasteiger partial charge in [0.1, 0.15) is 5.75 Å². The first-order valence-electron chi connectivity index (χ1n) is 7.84. The van der Waals surface area contributed by atoms with E-state index in [0.29, 0.717) is 5.75 Å². The van der Waals surface area contributed by atoms with Crippen molar-refractivity contribution in [1.82, 2.24) is 10.2 Å². The van der Waals surface area contributed by atoms with Gasteiger partial charge in [-0.15, -0.1) is 24.8 Å². The summed E-state index contributed by atoms with van der Waals surface area (Å²) in [6.07, 6.45) is -4.36. The maximum absolute atomic E-state index is 13.0. The predicted molar refractivity (Wildman–Crippen MR) is 99.1 cm³/mol. The van der Waals surface area contributed by atoms with E-state index in [4.69, 9.17) is 4.74 Å². The summed E-state index contributed by atoms with van der Waals surface area (Å²) in [5, 5.41) is 3.31. The first kappa shape index (κ1) is 24.3. The first-order valence-corrected chi connectivity index (χ1v) is 7.84. The van der Waals surface area contributed by atoms with Crippen LogP contribution in [-0.4, -0.2) is 38.2 Å². The summed E-state index contributed by atoms with van der Waals surface area (Å²) < 4.78 is 44.2. The quantitative estimate of drug-likeness (QED) is 0.802. The van der Waals surface area contributed by atoms with E-state index in [1.54, 1.807) is 6.07 Å². The second kappa shape index (κ2) is 9.31. The van der Waals surface area contributed by atoms with Crippen molar-refractivity contribution in [2.75, 3.05) is 33.3 Å². The van der Waals surface area contributed by atoms with Crippen LogP contribution in [0.1, 0.15) is 37.9 Å². The molecule has 0 saturated carbocycles. The Morgan fingerprint density at radius 2 is 1.64 bits per heavy atom. The van der Waals surface area contributed by atoms with Gasteiger partial charge in [0, 0.05) is 37.8 Å². The van der Waals surface area contributed by atoms with Crippen LogP contribution < -0.4 is 10.1 Å². The maximum atomic E-state index is 13.0. The molecule has 0 amide bonds. The van der Waals surface area contributed by atoms with Crippen molar-refractivity contribution in [1.29, 1.82) is 0 Å². The molecule has 0 bridgehead atoms. The SMILES string of the molecule is COc1cc(C(F)(F)F)ccc1[C@H](N1CCNCC1)C(C)(C)C.Cl.Cl. The van der Waals surface area contributed by atoms with Crippen LogP contribution in [0.2, 0.25) is 0 Å². The molecule has 2 rings (SSSR count). The van der Waals surface area contributed by atoms with Crippen LogP contribution in [0.15, 0.2) is 18.2 Å². The number of benzene rings is 1. The summed E-state index contributed by atoms with van der Waals surface area (Å²) >= 11 is 0. The topological polar surface area (TPSA) is 24.5 Å². The fraction of sp³-hybridized carbons (Fsp3) is 0.647. The lowest BCUT2D eigenvalue weighted by Gasteiger charge is -2.43. The Labute approximate surface area is 160 Å². The number of nitrogens with one attached hydrogen (secondary N) is 1. The average molecular weight is 403 g/mol. The average Bonchev–Trinajstić information content (AvgIpc) is 2.46. The molecule has 1 fully saturated rings. The van der Waals surface area contributed by atoms with E-state index in [1.807, 2.05) is 0 Å². The second-order valence-corrected chi connectivity index (χ2v) is 7.01. The molecule has 0 aliphatic carbocycles. The Balaban J connectivity index is 0.00000288. The van der Waals surface area contributed by atoms with E-state index in [0.717, 1.165) is 43.9 Å². The molecule has 1 N–H and O–H groups in total. The number of methoxy groups -OCH3 is 1. The summed E-state index contributed by atoms with van der Waals surface area (Å²) in [5.41, 5.74) is 0.0191. The number of piperazine rings is 1. The molecule has 0 spiro atoms.